The Kier molecular flexibility index (Phi) is 5.08. The quantitative estimate of drug-likeness (QED) is 0.544. The second kappa shape index (κ2) is 6.35. The second-order valence-electron chi connectivity index (χ2n) is 3.72. The van der Waals surface area contributed by atoms with E-state index in [1.165, 1.54) is 12.1 Å². The molecule has 0 heterocycles. The topological polar surface area (TPSA) is 80.9 Å². The van der Waals surface area contributed by atoms with E-state index in [9.17, 15) is 10.2 Å². The summed E-state index contributed by atoms with van der Waals surface area (Å²) in [7, 11) is 0. The molecule has 4 nitrogen and oxygen atoms in total. The lowest BCUT2D eigenvalue weighted by Crippen LogP contribution is -1.99. The predicted molar refractivity (Wildman–Crippen MR) is 60.6 cm³/mol. The first-order chi connectivity index (χ1) is 7.70. The van der Waals surface area contributed by atoms with Gasteiger partial charge in [-0.15, -0.1) is 0 Å². The van der Waals surface area contributed by atoms with Crippen molar-refractivity contribution in [2.24, 2.45) is 0 Å². The summed E-state index contributed by atoms with van der Waals surface area (Å²) < 4.78 is 0. The molecule has 0 saturated heterocycles. The highest BCUT2D eigenvalue weighted by Crippen LogP contribution is 2.30. The van der Waals surface area contributed by atoms with Crippen LogP contribution in [0.5, 0.6) is 11.5 Å². The van der Waals surface area contributed by atoms with Crippen LogP contribution in [0, 0.1) is 0 Å². The standard InChI is InChI=1S/C12H18O4/c13-7-1-3-9-10(4-2-8-14)12(16)6-5-11(9)15/h5-6,13-16H,1-4,7-8H2. The van der Waals surface area contributed by atoms with Gasteiger partial charge in [-0.2, -0.15) is 0 Å². The molecule has 0 bridgehead atoms. The van der Waals surface area contributed by atoms with E-state index in [-0.39, 0.29) is 24.7 Å². The monoisotopic (exact) mass is 226 g/mol. The number of benzene rings is 1. The molecule has 0 radical (unpaired) electrons. The van der Waals surface area contributed by atoms with Gasteiger partial charge in [0.2, 0.25) is 0 Å². The fourth-order valence-corrected chi connectivity index (χ4v) is 1.74. The molecule has 0 aliphatic carbocycles. The Balaban J connectivity index is 2.94. The van der Waals surface area contributed by atoms with Gasteiger partial charge in [0.05, 0.1) is 0 Å². The average molecular weight is 226 g/mol. The molecule has 4 N–H and O–H groups in total. The molecule has 0 aromatic heterocycles. The van der Waals surface area contributed by atoms with Crippen LogP contribution < -0.4 is 0 Å². The molecule has 1 aromatic carbocycles. The molecular weight excluding hydrogens is 208 g/mol. The summed E-state index contributed by atoms with van der Waals surface area (Å²) in [5, 5.41) is 36.9. The maximum atomic E-state index is 9.69. The van der Waals surface area contributed by atoms with Crippen LogP contribution in [0.2, 0.25) is 0 Å². The highest BCUT2D eigenvalue weighted by molar-refractivity contribution is 5.47. The molecule has 0 atom stereocenters. The van der Waals surface area contributed by atoms with Crippen molar-refractivity contribution in [3.05, 3.63) is 23.3 Å². The summed E-state index contributed by atoms with van der Waals surface area (Å²) in [5.41, 5.74) is 1.34. The molecule has 0 amide bonds. The first-order valence-corrected chi connectivity index (χ1v) is 5.45. The molecule has 4 heteroatoms. The van der Waals surface area contributed by atoms with E-state index < -0.39 is 0 Å². The van der Waals surface area contributed by atoms with Gasteiger partial charge in [0, 0.05) is 24.3 Å². The van der Waals surface area contributed by atoms with E-state index in [1.54, 1.807) is 0 Å². The van der Waals surface area contributed by atoms with Crippen LogP contribution >= 0.6 is 0 Å². The van der Waals surface area contributed by atoms with Crippen LogP contribution in [-0.4, -0.2) is 33.6 Å². The van der Waals surface area contributed by atoms with Gasteiger partial charge < -0.3 is 20.4 Å². The smallest absolute Gasteiger partial charge is 0.119 e. The third-order valence-electron chi connectivity index (χ3n) is 2.55. The van der Waals surface area contributed by atoms with E-state index in [1.807, 2.05) is 0 Å². The van der Waals surface area contributed by atoms with E-state index in [2.05, 4.69) is 0 Å². The van der Waals surface area contributed by atoms with Crippen LogP contribution in [0.25, 0.3) is 0 Å². The molecule has 90 valence electrons. The van der Waals surface area contributed by atoms with Crippen LogP contribution in [-0.2, 0) is 12.8 Å². The number of phenolic OH excluding ortho intramolecular Hbond substituents is 2. The van der Waals surface area contributed by atoms with Crippen LogP contribution in [0.15, 0.2) is 12.1 Å². The highest BCUT2D eigenvalue weighted by atomic mass is 16.3. The van der Waals surface area contributed by atoms with Crippen molar-refractivity contribution < 1.29 is 20.4 Å². The van der Waals surface area contributed by atoms with Gasteiger partial charge >= 0.3 is 0 Å². The summed E-state index contributed by atoms with van der Waals surface area (Å²) in [4.78, 5) is 0. The maximum absolute atomic E-state index is 9.69. The summed E-state index contributed by atoms with van der Waals surface area (Å²) in [6.45, 7) is 0.100. The number of phenols is 2. The van der Waals surface area contributed by atoms with Crippen molar-refractivity contribution in [3.63, 3.8) is 0 Å². The molecule has 0 aliphatic heterocycles. The summed E-state index contributed by atoms with van der Waals surface area (Å²) in [6, 6.07) is 2.90. The summed E-state index contributed by atoms with van der Waals surface area (Å²) in [5.74, 6) is 0.276. The number of hydrogen-bond acceptors (Lipinski definition) is 4. The van der Waals surface area contributed by atoms with Crippen molar-refractivity contribution in [2.75, 3.05) is 13.2 Å². The van der Waals surface area contributed by atoms with Gasteiger partial charge in [0.25, 0.3) is 0 Å². The Hall–Kier alpha value is -1.26. The zero-order valence-electron chi connectivity index (χ0n) is 9.19. The Morgan fingerprint density at radius 2 is 1.12 bits per heavy atom. The van der Waals surface area contributed by atoms with Crippen LogP contribution in [0.1, 0.15) is 24.0 Å². The van der Waals surface area contributed by atoms with Crippen molar-refractivity contribution in [2.45, 2.75) is 25.7 Å². The SMILES string of the molecule is OCCCc1c(O)ccc(O)c1CCCO. The lowest BCUT2D eigenvalue weighted by atomic mass is 9.97. The normalized spacial score (nSPS) is 10.6. The molecule has 1 aromatic rings. The van der Waals surface area contributed by atoms with E-state index in [0.29, 0.717) is 36.8 Å². The fraction of sp³-hybridized carbons (Fsp3) is 0.500. The summed E-state index contributed by atoms with van der Waals surface area (Å²) in [6.07, 6.45) is 2.14. The minimum atomic E-state index is 0.0501. The molecule has 0 saturated carbocycles. The number of hydrogen-bond donors (Lipinski definition) is 4. The predicted octanol–water partition coefficient (Wildman–Crippen LogP) is 0.948. The fourth-order valence-electron chi connectivity index (χ4n) is 1.74. The zero-order chi connectivity index (χ0) is 12.0. The molecule has 0 aliphatic rings. The zero-order valence-corrected chi connectivity index (χ0v) is 9.19. The minimum Gasteiger partial charge on any atom is -0.508 e. The van der Waals surface area contributed by atoms with E-state index in [0.717, 1.165) is 0 Å². The Bertz CT molecular complexity index is 303. The van der Waals surface area contributed by atoms with Crippen molar-refractivity contribution in [1.29, 1.82) is 0 Å². The minimum absolute atomic E-state index is 0.0501. The Morgan fingerprint density at radius 1 is 0.750 bits per heavy atom. The molecule has 16 heavy (non-hydrogen) atoms. The third kappa shape index (κ3) is 3.12. The number of aliphatic hydroxyl groups is 2. The molecule has 0 fully saturated rings. The summed E-state index contributed by atoms with van der Waals surface area (Å²) >= 11 is 0. The second-order valence-corrected chi connectivity index (χ2v) is 3.72. The van der Waals surface area contributed by atoms with E-state index in [4.69, 9.17) is 10.2 Å². The van der Waals surface area contributed by atoms with Gasteiger partial charge in [0.1, 0.15) is 11.5 Å². The third-order valence-corrected chi connectivity index (χ3v) is 2.55. The maximum Gasteiger partial charge on any atom is 0.119 e. The van der Waals surface area contributed by atoms with E-state index >= 15 is 0 Å². The molecule has 1 rings (SSSR count). The average Bonchev–Trinajstić information content (AvgIpc) is 2.29. The number of aliphatic hydroxyl groups excluding tert-OH is 2. The molecular formula is C12H18O4. The van der Waals surface area contributed by atoms with Gasteiger partial charge in [-0.05, 0) is 37.8 Å². The Labute approximate surface area is 94.8 Å². The first kappa shape index (κ1) is 12.8. The lowest BCUT2D eigenvalue weighted by molar-refractivity contribution is 0.284. The van der Waals surface area contributed by atoms with Crippen molar-refractivity contribution >= 4 is 0 Å². The number of aromatic hydroxyl groups is 2. The first-order valence-electron chi connectivity index (χ1n) is 5.45. The number of rotatable bonds is 6. The molecule has 0 unspecified atom stereocenters. The lowest BCUT2D eigenvalue weighted by Gasteiger charge is -2.12. The Morgan fingerprint density at radius 3 is 1.44 bits per heavy atom. The highest BCUT2D eigenvalue weighted by Gasteiger charge is 2.11. The van der Waals surface area contributed by atoms with Crippen LogP contribution in [0.4, 0.5) is 0 Å². The van der Waals surface area contributed by atoms with Crippen molar-refractivity contribution in [1.82, 2.24) is 0 Å². The molecule has 0 spiro atoms. The van der Waals surface area contributed by atoms with Gasteiger partial charge in [-0.25, -0.2) is 0 Å². The van der Waals surface area contributed by atoms with Gasteiger partial charge in [0.15, 0.2) is 0 Å². The van der Waals surface area contributed by atoms with Gasteiger partial charge in [-0.3, -0.25) is 0 Å². The van der Waals surface area contributed by atoms with Gasteiger partial charge in [-0.1, -0.05) is 0 Å². The van der Waals surface area contributed by atoms with Crippen molar-refractivity contribution in [3.8, 4) is 11.5 Å². The van der Waals surface area contributed by atoms with Crippen LogP contribution in [0.3, 0.4) is 0 Å². The largest absolute Gasteiger partial charge is 0.508 e.